The van der Waals surface area contributed by atoms with Crippen molar-refractivity contribution in [3.63, 3.8) is 0 Å². The van der Waals surface area contributed by atoms with Crippen LogP contribution in [0.4, 0.5) is 17.6 Å². The predicted molar refractivity (Wildman–Crippen MR) is 129 cm³/mol. The van der Waals surface area contributed by atoms with E-state index in [1.807, 2.05) is 6.92 Å². The number of hydrogen-bond acceptors (Lipinski definition) is 4. The van der Waals surface area contributed by atoms with Crippen LogP contribution < -0.4 is 10.1 Å². The smallest absolute Gasteiger partial charge is 0.387 e. The number of halogens is 4. The average molecular weight is 513 g/mol. The first-order valence-electron chi connectivity index (χ1n) is 12.5. The van der Waals surface area contributed by atoms with Crippen molar-refractivity contribution < 1.29 is 27.1 Å². The molecule has 1 aliphatic rings. The molecule has 3 rings (SSSR count). The molecular weight excluding hydrogens is 476 g/mol. The third-order valence-corrected chi connectivity index (χ3v) is 7.01. The van der Waals surface area contributed by atoms with Gasteiger partial charge >= 0.3 is 6.61 Å². The van der Waals surface area contributed by atoms with Gasteiger partial charge in [-0.05, 0) is 38.5 Å². The summed E-state index contributed by atoms with van der Waals surface area (Å²) in [5, 5.41) is 7.42. The number of amides is 1. The minimum absolute atomic E-state index is 0.121. The molecule has 1 aliphatic carbocycles. The van der Waals surface area contributed by atoms with E-state index in [1.165, 1.54) is 26.1 Å². The second-order valence-corrected chi connectivity index (χ2v) is 10.5. The van der Waals surface area contributed by atoms with Crippen LogP contribution in [0.25, 0.3) is 11.3 Å². The van der Waals surface area contributed by atoms with Gasteiger partial charge in [0.05, 0.1) is 11.3 Å². The Morgan fingerprint density at radius 2 is 1.89 bits per heavy atom. The molecule has 0 aliphatic heterocycles. The lowest BCUT2D eigenvalue weighted by molar-refractivity contribution is -0.0496. The number of alkyl halides is 4. The fraction of sp³-hybridized carbons (Fsp3) is 0.654. The largest absolute Gasteiger partial charge is 0.434 e. The lowest BCUT2D eigenvalue weighted by atomic mass is 9.83. The van der Waals surface area contributed by atoms with Gasteiger partial charge in [-0.25, -0.2) is 8.78 Å². The first kappa shape index (κ1) is 27.9. The maximum atomic E-state index is 13.4. The van der Waals surface area contributed by atoms with Gasteiger partial charge in [0.25, 0.3) is 5.91 Å². The minimum atomic E-state index is -3.12. The maximum Gasteiger partial charge on any atom is 0.387 e. The molecule has 1 saturated carbocycles. The van der Waals surface area contributed by atoms with Gasteiger partial charge in [-0.2, -0.15) is 13.9 Å². The van der Waals surface area contributed by atoms with E-state index in [1.54, 1.807) is 11.6 Å². The van der Waals surface area contributed by atoms with Crippen molar-refractivity contribution in [3.05, 3.63) is 29.2 Å². The summed E-state index contributed by atoms with van der Waals surface area (Å²) in [6, 6.07) is 1.27. The SMILES string of the molecule is CCn1nc(C(=O)NCC2CCC(C)CC2)c(C)c1-c1cnc(CC(C)(C)C(F)F)cc1OC(F)F. The topological polar surface area (TPSA) is 69.0 Å². The van der Waals surface area contributed by atoms with Gasteiger partial charge in [0.2, 0.25) is 6.43 Å². The lowest BCUT2D eigenvalue weighted by Gasteiger charge is -2.26. The van der Waals surface area contributed by atoms with E-state index in [9.17, 15) is 22.4 Å². The van der Waals surface area contributed by atoms with Crippen LogP contribution in [0.1, 0.15) is 75.1 Å². The van der Waals surface area contributed by atoms with Gasteiger partial charge in [0.1, 0.15) is 5.75 Å². The maximum absolute atomic E-state index is 13.4. The van der Waals surface area contributed by atoms with Gasteiger partial charge < -0.3 is 10.1 Å². The summed E-state index contributed by atoms with van der Waals surface area (Å²) in [7, 11) is 0. The Bertz CT molecular complexity index is 1050. The van der Waals surface area contributed by atoms with Crippen molar-refractivity contribution in [1.29, 1.82) is 0 Å². The molecule has 0 saturated heterocycles. The van der Waals surface area contributed by atoms with Crippen molar-refractivity contribution in [2.45, 2.75) is 86.3 Å². The lowest BCUT2D eigenvalue weighted by Crippen LogP contribution is -2.31. The highest BCUT2D eigenvalue weighted by molar-refractivity contribution is 5.95. The summed E-state index contributed by atoms with van der Waals surface area (Å²) < 4.78 is 59.6. The van der Waals surface area contributed by atoms with Crippen molar-refractivity contribution in [2.75, 3.05) is 6.54 Å². The Labute approximate surface area is 209 Å². The number of carbonyl (C=O) groups is 1. The van der Waals surface area contributed by atoms with E-state index in [0.29, 0.717) is 36.2 Å². The molecular formula is C26H36F4N4O2. The monoisotopic (exact) mass is 512 g/mol. The van der Waals surface area contributed by atoms with Crippen LogP contribution >= 0.6 is 0 Å². The van der Waals surface area contributed by atoms with E-state index < -0.39 is 18.5 Å². The van der Waals surface area contributed by atoms with Crippen molar-refractivity contribution >= 4 is 5.91 Å². The number of rotatable bonds is 10. The summed E-state index contributed by atoms with van der Waals surface area (Å²) in [4.78, 5) is 17.3. The Hall–Kier alpha value is -2.65. The highest BCUT2D eigenvalue weighted by atomic mass is 19.3. The predicted octanol–water partition coefficient (Wildman–Crippen LogP) is 6.26. The number of ether oxygens (including phenoxy) is 1. The molecule has 2 aromatic rings. The van der Waals surface area contributed by atoms with Crippen LogP contribution in [0.2, 0.25) is 0 Å². The third kappa shape index (κ3) is 6.56. The van der Waals surface area contributed by atoms with Gasteiger partial charge in [0.15, 0.2) is 5.69 Å². The molecule has 6 nitrogen and oxygen atoms in total. The molecule has 0 radical (unpaired) electrons. The summed E-state index contributed by atoms with van der Waals surface area (Å²) in [5.74, 6) is 0.631. The number of nitrogens with one attached hydrogen (secondary N) is 1. The first-order valence-corrected chi connectivity index (χ1v) is 12.5. The second kappa shape index (κ2) is 11.6. The van der Waals surface area contributed by atoms with Gasteiger partial charge in [-0.15, -0.1) is 0 Å². The van der Waals surface area contributed by atoms with E-state index in [0.717, 1.165) is 25.7 Å². The van der Waals surface area contributed by atoms with Crippen LogP contribution in [0.5, 0.6) is 5.75 Å². The zero-order valence-corrected chi connectivity index (χ0v) is 21.6. The van der Waals surface area contributed by atoms with Crippen LogP contribution in [0.3, 0.4) is 0 Å². The Morgan fingerprint density at radius 3 is 2.47 bits per heavy atom. The molecule has 0 unspecified atom stereocenters. The zero-order chi connectivity index (χ0) is 26.6. The van der Waals surface area contributed by atoms with Crippen LogP contribution in [0, 0.1) is 24.2 Å². The molecule has 200 valence electrons. The van der Waals surface area contributed by atoms with Crippen LogP contribution in [0.15, 0.2) is 12.3 Å². The fourth-order valence-electron chi connectivity index (χ4n) is 4.68. The second-order valence-electron chi connectivity index (χ2n) is 10.5. The third-order valence-electron chi connectivity index (χ3n) is 7.01. The van der Waals surface area contributed by atoms with Crippen LogP contribution in [-0.2, 0) is 13.0 Å². The standard InChI is InChI=1S/C26H36F4N4O2/c1-6-34-22(16(3)21(33-34)23(35)32-13-17-9-7-15(2)8-10-17)19-14-31-18(11-20(19)36-25(29)30)12-26(4,5)24(27)28/h11,14-15,17,24-25H,6-10,12-13H2,1-5H3,(H,32,35). The zero-order valence-electron chi connectivity index (χ0n) is 21.6. The number of carbonyl (C=O) groups excluding carboxylic acids is 1. The summed E-state index contributed by atoms with van der Waals surface area (Å²) >= 11 is 0. The molecule has 36 heavy (non-hydrogen) atoms. The molecule has 2 aromatic heterocycles. The van der Waals surface area contributed by atoms with Crippen molar-refractivity contribution in [3.8, 4) is 17.0 Å². The van der Waals surface area contributed by atoms with E-state index in [-0.39, 0.29) is 35.0 Å². The summed E-state index contributed by atoms with van der Waals surface area (Å²) in [6.07, 6.45) is 3.05. The summed E-state index contributed by atoms with van der Waals surface area (Å²) in [6.45, 7) is 6.35. The summed E-state index contributed by atoms with van der Waals surface area (Å²) in [5.41, 5.74) is 0.187. The Kier molecular flexibility index (Phi) is 9.00. The molecule has 1 N–H and O–H groups in total. The number of pyridine rings is 1. The van der Waals surface area contributed by atoms with Gasteiger partial charge in [-0.1, -0.05) is 33.6 Å². The quantitative estimate of drug-likeness (QED) is 0.381. The first-order chi connectivity index (χ1) is 16.9. The van der Waals surface area contributed by atoms with Crippen molar-refractivity contribution in [2.24, 2.45) is 17.3 Å². The normalized spacial score (nSPS) is 18.6. The molecule has 10 heteroatoms. The molecule has 1 fully saturated rings. The molecule has 0 bridgehead atoms. The van der Waals surface area contributed by atoms with E-state index in [2.05, 4.69) is 22.3 Å². The van der Waals surface area contributed by atoms with Gasteiger partial charge in [0, 0.05) is 48.4 Å². The fourth-order valence-corrected chi connectivity index (χ4v) is 4.68. The molecule has 0 spiro atoms. The van der Waals surface area contributed by atoms with E-state index in [4.69, 9.17) is 4.74 Å². The molecule has 1 amide bonds. The Balaban J connectivity index is 1.90. The highest BCUT2D eigenvalue weighted by Gasteiger charge is 2.31. The number of aryl methyl sites for hydroxylation is 1. The molecule has 0 aromatic carbocycles. The number of aromatic nitrogens is 3. The van der Waals surface area contributed by atoms with Gasteiger partial charge in [-0.3, -0.25) is 14.5 Å². The minimum Gasteiger partial charge on any atom is -0.434 e. The highest BCUT2D eigenvalue weighted by Crippen LogP contribution is 2.37. The van der Waals surface area contributed by atoms with Crippen LogP contribution in [-0.4, -0.2) is 40.3 Å². The van der Waals surface area contributed by atoms with E-state index >= 15 is 0 Å². The number of hydrogen-bond donors (Lipinski definition) is 1. The molecule has 0 atom stereocenters. The number of nitrogens with zero attached hydrogens (tertiary/aromatic N) is 3. The molecule has 2 heterocycles. The average Bonchev–Trinajstić information content (AvgIpc) is 3.14. The Morgan fingerprint density at radius 1 is 1.22 bits per heavy atom. The van der Waals surface area contributed by atoms with Crippen molar-refractivity contribution in [1.82, 2.24) is 20.1 Å².